The van der Waals surface area contributed by atoms with Gasteiger partial charge in [0.05, 0.1) is 0 Å². The van der Waals surface area contributed by atoms with Crippen molar-refractivity contribution in [3.8, 4) is 0 Å². The van der Waals surface area contributed by atoms with Crippen molar-refractivity contribution in [2.24, 2.45) is 5.92 Å². The van der Waals surface area contributed by atoms with E-state index in [9.17, 15) is 4.79 Å². The summed E-state index contributed by atoms with van der Waals surface area (Å²) in [6, 6.07) is 0. The molecule has 1 heterocycles. The van der Waals surface area contributed by atoms with Crippen molar-refractivity contribution in [3.63, 3.8) is 0 Å². The van der Waals surface area contributed by atoms with Crippen LogP contribution in [0.5, 0.6) is 0 Å². The summed E-state index contributed by atoms with van der Waals surface area (Å²) in [5, 5.41) is 0. The number of rotatable bonds is 2. The molecule has 0 aromatic rings. The molecular weight excluding hydrogens is 138 g/mol. The Morgan fingerprint density at radius 1 is 1.45 bits per heavy atom. The number of carbonyl (C=O) groups excluding carboxylic acids is 1. The van der Waals surface area contributed by atoms with Gasteiger partial charge in [0.2, 0.25) is 5.91 Å². The summed E-state index contributed by atoms with van der Waals surface area (Å²) in [6.45, 7) is 6.06. The molecule has 1 aliphatic heterocycles. The first kappa shape index (κ1) is 8.57. The Hall–Kier alpha value is -0.530. The van der Waals surface area contributed by atoms with Gasteiger partial charge < -0.3 is 4.90 Å². The Kier molecular flexibility index (Phi) is 2.92. The van der Waals surface area contributed by atoms with Crippen molar-refractivity contribution >= 4 is 5.91 Å². The molecule has 0 spiro atoms. The van der Waals surface area contributed by atoms with Crippen LogP contribution < -0.4 is 0 Å². The lowest BCUT2D eigenvalue weighted by Gasteiger charge is -2.18. The molecular formula is C9H17NO. The number of carbonyl (C=O) groups is 1. The Labute approximate surface area is 68.6 Å². The van der Waals surface area contributed by atoms with E-state index in [1.165, 1.54) is 12.8 Å². The van der Waals surface area contributed by atoms with Crippen molar-refractivity contribution in [2.75, 3.05) is 13.1 Å². The summed E-state index contributed by atoms with van der Waals surface area (Å²) in [5.41, 5.74) is 0. The predicted octanol–water partition coefficient (Wildman–Crippen LogP) is 1.65. The average molecular weight is 155 g/mol. The van der Waals surface area contributed by atoms with Crippen molar-refractivity contribution in [1.82, 2.24) is 4.90 Å². The van der Waals surface area contributed by atoms with Crippen LogP contribution in [0.3, 0.4) is 0 Å². The fraction of sp³-hybridized carbons (Fsp3) is 0.889. The number of hydrogen-bond acceptors (Lipinski definition) is 1. The van der Waals surface area contributed by atoms with Gasteiger partial charge in [0.1, 0.15) is 0 Å². The monoisotopic (exact) mass is 155 g/mol. The fourth-order valence-electron chi connectivity index (χ4n) is 1.42. The van der Waals surface area contributed by atoms with Gasteiger partial charge in [-0.15, -0.1) is 0 Å². The molecule has 0 radical (unpaired) electrons. The van der Waals surface area contributed by atoms with E-state index in [-0.39, 0.29) is 5.92 Å². The zero-order chi connectivity index (χ0) is 8.27. The van der Waals surface area contributed by atoms with Crippen LogP contribution in [-0.4, -0.2) is 23.9 Å². The molecule has 0 bridgehead atoms. The zero-order valence-corrected chi connectivity index (χ0v) is 7.47. The molecule has 0 aromatic carbocycles. The van der Waals surface area contributed by atoms with Crippen molar-refractivity contribution in [1.29, 1.82) is 0 Å². The summed E-state index contributed by atoms with van der Waals surface area (Å²) in [5.74, 6) is 0.582. The minimum absolute atomic E-state index is 0.230. The molecule has 1 aliphatic rings. The van der Waals surface area contributed by atoms with E-state index < -0.39 is 0 Å². The molecule has 1 atom stereocenters. The first-order valence-corrected chi connectivity index (χ1v) is 4.54. The van der Waals surface area contributed by atoms with Crippen LogP contribution in [0.4, 0.5) is 0 Å². The van der Waals surface area contributed by atoms with Crippen LogP contribution in [0.1, 0.15) is 33.1 Å². The standard InChI is InChI=1S/C9H17NO/c1-3-8(2)9(11)10-6-4-5-7-10/h8H,3-7H2,1-2H3/t8-/m0/s1. The van der Waals surface area contributed by atoms with E-state index in [1.54, 1.807) is 0 Å². The number of hydrogen-bond donors (Lipinski definition) is 0. The first-order chi connectivity index (χ1) is 5.25. The van der Waals surface area contributed by atoms with Crippen LogP contribution in [0, 0.1) is 5.92 Å². The third kappa shape index (κ3) is 1.95. The van der Waals surface area contributed by atoms with Crippen LogP contribution >= 0.6 is 0 Å². The molecule has 1 saturated heterocycles. The average Bonchev–Trinajstić information content (AvgIpc) is 2.53. The summed E-state index contributed by atoms with van der Waals surface area (Å²) >= 11 is 0. The van der Waals surface area contributed by atoms with E-state index >= 15 is 0 Å². The number of likely N-dealkylation sites (tertiary alicyclic amines) is 1. The molecule has 1 rings (SSSR count). The zero-order valence-electron chi connectivity index (χ0n) is 7.47. The highest BCUT2D eigenvalue weighted by molar-refractivity contribution is 5.78. The van der Waals surface area contributed by atoms with Gasteiger partial charge in [-0.25, -0.2) is 0 Å². The van der Waals surface area contributed by atoms with Crippen molar-refractivity contribution in [3.05, 3.63) is 0 Å². The van der Waals surface area contributed by atoms with Gasteiger partial charge >= 0.3 is 0 Å². The van der Waals surface area contributed by atoms with Crippen LogP contribution in [0.2, 0.25) is 0 Å². The second-order valence-corrected chi connectivity index (χ2v) is 3.34. The Balaban J connectivity index is 2.39. The van der Waals surface area contributed by atoms with E-state index in [2.05, 4.69) is 6.92 Å². The summed E-state index contributed by atoms with van der Waals surface area (Å²) in [7, 11) is 0. The molecule has 11 heavy (non-hydrogen) atoms. The van der Waals surface area contributed by atoms with Gasteiger partial charge in [0.15, 0.2) is 0 Å². The molecule has 0 aromatic heterocycles. The molecule has 2 nitrogen and oxygen atoms in total. The maximum atomic E-state index is 11.5. The van der Waals surface area contributed by atoms with Gasteiger partial charge in [-0.1, -0.05) is 13.8 Å². The molecule has 0 unspecified atom stereocenters. The number of nitrogens with zero attached hydrogens (tertiary/aromatic N) is 1. The normalized spacial score (nSPS) is 20.4. The topological polar surface area (TPSA) is 20.3 Å². The molecule has 0 saturated carbocycles. The maximum absolute atomic E-state index is 11.5. The third-order valence-corrected chi connectivity index (χ3v) is 2.45. The Bertz CT molecular complexity index is 138. The molecule has 0 N–H and O–H groups in total. The van der Waals surface area contributed by atoms with Crippen LogP contribution in [0.25, 0.3) is 0 Å². The van der Waals surface area contributed by atoms with Gasteiger partial charge in [0.25, 0.3) is 0 Å². The molecule has 2 heteroatoms. The minimum Gasteiger partial charge on any atom is -0.342 e. The smallest absolute Gasteiger partial charge is 0.225 e. The van der Waals surface area contributed by atoms with E-state index in [1.807, 2.05) is 11.8 Å². The SMILES string of the molecule is CC[C@H](C)C(=O)N1CCCC1. The lowest BCUT2D eigenvalue weighted by Crippen LogP contribution is -2.32. The lowest BCUT2D eigenvalue weighted by atomic mass is 10.1. The van der Waals surface area contributed by atoms with Crippen LogP contribution in [0.15, 0.2) is 0 Å². The summed E-state index contributed by atoms with van der Waals surface area (Å²) in [4.78, 5) is 13.5. The van der Waals surface area contributed by atoms with Crippen molar-refractivity contribution < 1.29 is 4.79 Å². The second-order valence-electron chi connectivity index (χ2n) is 3.34. The Morgan fingerprint density at radius 3 is 2.45 bits per heavy atom. The van der Waals surface area contributed by atoms with E-state index in [4.69, 9.17) is 0 Å². The fourth-order valence-corrected chi connectivity index (χ4v) is 1.42. The molecule has 64 valence electrons. The molecule has 1 amide bonds. The summed E-state index contributed by atoms with van der Waals surface area (Å²) < 4.78 is 0. The van der Waals surface area contributed by atoms with Crippen molar-refractivity contribution in [2.45, 2.75) is 33.1 Å². The summed E-state index contributed by atoms with van der Waals surface area (Å²) in [6.07, 6.45) is 3.36. The minimum atomic E-state index is 0.230. The predicted molar refractivity (Wildman–Crippen MR) is 45.3 cm³/mol. The first-order valence-electron chi connectivity index (χ1n) is 4.54. The van der Waals surface area contributed by atoms with E-state index in [0.717, 1.165) is 19.5 Å². The highest BCUT2D eigenvalue weighted by Gasteiger charge is 2.21. The second kappa shape index (κ2) is 3.74. The van der Waals surface area contributed by atoms with Gasteiger partial charge in [0, 0.05) is 19.0 Å². The van der Waals surface area contributed by atoms with Crippen LogP contribution in [-0.2, 0) is 4.79 Å². The van der Waals surface area contributed by atoms with Gasteiger partial charge in [-0.3, -0.25) is 4.79 Å². The van der Waals surface area contributed by atoms with E-state index in [0.29, 0.717) is 5.91 Å². The third-order valence-electron chi connectivity index (χ3n) is 2.45. The highest BCUT2D eigenvalue weighted by Crippen LogP contribution is 2.13. The van der Waals surface area contributed by atoms with Gasteiger partial charge in [-0.2, -0.15) is 0 Å². The molecule has 0 aliphatic carbocycles. The quantitative estimate of drug-likeness (QED) is 0.594. The lowest BCUT2D eigenvalue weighted by molar-refractivity contribution is -0.133. The largest absolute Gasteiger partial charge is 0.342 e. The van der Waals surface area contributed by atoms with Gasteiger partial charge in [-0.05, 0) is 19.3 Å². The molecule has 1 fully saturated rings. The number of amides is 1. The highest BCUT2D eigenvalue weighted by atomic mass is 16.2. The Morgan fingerprint density at radius 2 is 2.00 bits per heavy atom. The maximum Gasteiger partial charge on any atom is 0.225 e.